The molecule has 1 aliphatic rings. The van der Waals surface area contributed by atoms with Crippen LogP contribution in [0.4, 0.5) is 4.39 Å². The Morgan fingerprint density at radius 2 is 2.27 bits per heavy atom. The lowest BCUT2D eigenvalue weighted by Crippen LogP contribution is -2.27. The molecule has 4 nitrogen and oxygen atoms in total. The van der Waals surface area contributed by atoms with Gasteiger partial charge in [0, 0.05) is 30.8 Å². The van der Waals surface area contributed by atoms with Crippen LogP contribution in [-0.2, 0) is 19.5 Å². The molecule has 0 radical (unpaired) electrons. The largest absolute Gasteiger partial charge is 0.302 e. The highest BCUT2D eigenvalue weighted by atomic mass is 35.5. The monoisotopic (exact) mass is 318 g/mol. The molecule has 0 spiro atoms. The molecule has 1 aromatic heterocycles. The first-order valence-corrected chi connectivity index (χ1v) is 7.58. The summed E-state index contributed by atoms with van der Waals surface area (Å²) in [5.74, 6) is -0.367. The van der Waals surface area contributed by atoms with Crippen molar-refractivity contribution in [1.82, 2.24) is 14.7 Å². The van der Waals surface area contributed by atoms with Gasteiger partial charge < -0.3 is 4.90 Å². The number of aryl methyl sites for hydroxylation is 1. The highest BCUT2D eigenvalue weighted by Gasteiger charge is 2.26. The molecule has 0 N–H and O–H groups in total. The van der Waals surface area contributed by atoms with Crippen LogP contribution in [0.2, 0.25) is 5.02 Å². The molecule has 0 saturated carbocycles. The lowest BCUT2D eigenvalue weighted by atomic mass is 10.0. The third-order valence-electron chi connectivity index (χ3n) is 3.96. The zero-order valence-electron chi connectivity index (χ0n) is 12.3. The Morgan fingerprint density at radius 3 is 3.00 bits per heavy atom. The summed E-state index contributed by atoms with van der Waals surface area (Å²) in [5, 5.41) is 13.7. The highest BCUT2D eigenvalue weighted by Crippen LogP contribution is 2.35. The lowest BCUT2D eigenvalue weighted by molar-refractivity contribution is 0.307. The van der Waals surface area contributed by atoms with Crippen LogP contribution >= 0.6 is 11.6 Å². The van der Waals surface area contributed by atoms with Gasteiger partial charge in [-0.05, 0) is 19.2 Å². The van der Waals surface area contributed by atoms with Crippen LogP contribution in [0.25, 0.3) is 11.3 Å². The number of aromatic nitrogens is 2. The maximum Gasteiger partial charge on any atom is 0.134 e. The van der Waals surface area contributed by atoms with E-state index in [4.69, 9.17) is 16.9 Å². The molecule has 2 aromatic rings. The van der Waals surface area contributed by atoms with Crippen molar-refractivity contribution in [3.63, 3.8) is 0 Å². The molecular formula is C16H16ClFN4. The number of hydrogen-bond acceptors (Lipinski definition) is 3. The number of halogens is 2. The zero-order valence-corrected chi connectivity index (χ0v) is 13.1. The minimum absolute atomic E-state index is 0.353. The van der Waals surface area contributed by atoms with Crippen LogP contribution in [0.1, 0.15) is 17.7 Å². The van der Waals surface area contributed by atoms with E-state index in [0.29, 0.717) is 35.8 Å². The average molecular weight is 319 g/mol. The number of benzene rings is 1. The Labute approximate surface area is 133 Å². The van der Waals surface area contributed by atoms with E-state index in [1.54, 1.807) is 12.1 Å². The van der Waals surface area contributed by atoms with Crippen molar-refractivity contribution in [1.29, 1.82) is 5.26 Å². The van der Waals surface area contributed by atoms with Crippen LogP contribution < -0.4 is 0 Å². The molecule has 0 bridgehead atoms. The Balaban J connectivity index is 2.15. The van der Waals surface area contributed by atoms with Crippen molar-refractivity contribution in [2.75, 3.05) is 13.6 Å². The molecular weight excluding hydrogens is 303 g/mol. The van der Waals surface area contributed by atoms with Crippen LogP contribution in [0.5, 0.6) is 0 Å². The van der Waals surface area contributed by atoms with E-state index in [1.165, 1.54) is 6.07 Å². The molecule has 0 amide bonds. The summed E-state index contributed by atoms with van der Waals surface area (Å²) in [6, 6.07) is 6.79. The number of fused-ring (bicyclic) bond motifs is 1. The molecule has 0 saturated heterocycles. The molecule has 1 aromatic carbocycles. The summed E-state index contributed by atoms with van der Waals surface area (Å²) in [4.78, 5) is 2.18. The first kappa shape index (κ1) is 15.0. The Kier molecular flexibility index (Phi) is 4.14. The normalized spacial score (nSPS) is 14.6. The van der Waals surface area contributed by atoms with E-state index in [0.717, 1.165) is 24.2 Å². The third kappa shape index (κ3) is 2.60. The van der Waals surface area contributed by atoms with Gasteiger partial charge in [-0.3, -0.25) is 4.68 Å². The first-order valence-electron chi connectivity index (χ1n) is 7.20. The zero-order chi connectivity index (χ0) is 15.7. The minimum Gasteiger partial charge on any atom is -0.302 e. The molecule has 0 atom stereocenters. The van der Waals surface area contributed by atoms with E-state index in [2.05, 4.69) is 16.1 Å². The van der Waals surface area contributed by atoms with Crippen molar-refractivity contribution in [3.8, 4) is 17.3 Å². The van der Waals surface area contributed by atoms with Gasteiger partial charge in [0.15, 0.2) is 0 Å². The lowest BCUT2D eigenvalue weighted by Gasteiger charge is -2.23. The Morgan fingerprint density at radius 1 is 1.45 bits per heavy atom. The second kappa shape index (κ2) is 6.07. The number of hydrogen-bond donors (Lipinski definition) is 0. The SMILES string of the molecule is CN1CCc2c(c(-c3c(F)cccc3Cl)nn2CCC#N)C1. The molecule has 114 valence electrons. The standard InChI is InChI=1S/C16H16ClFN4/c1-21-9-6-14-11(10-21)16(20-22(14)8-3-7-19)15-12(17)4-2-5-13(15)18/h2,4-5H,3,6,8-10H2,1H3. The fraction of sp³-hybridized carbons (Fsp3) is 0.375. The fourth-order valence-electron chi connectivity index (χ4n) is 2.89. The van der Waals surface area contributed by atoms with Crippen LogP contribution in [0, 0.1) is 17.1 Å². The van der Waals surface area contributed by atoms with Gasteiger partial charge in [-0.2, -0.15) is 10.4 Å². The quantitative estimate of drug-likeness (QED) is 0.872. The molecule has 1 aliphatic heterocycles. The summed E-state index contributed by atoms with van der Waals surface area (Å²) < 4.78 is 16.1. The highest BCUT2D eigenvalue weighted by molar-refractivity contribution is 6.33. The van der Waals surface area contributed by atoms with E-state index < -0.39 is 0 Å². The van der Waals surface area contributed by atoms with Crippen molar-refractivity contribution < 1.29 is 4.39 Å². The Bertz CT molecular complexity index is 727. The molecule has 3 rings (SSSR count). The van der Waals surface area contributed by atoms with Crippen molar-refractivity contribution in [2.24, 2.45) is 0 Å². The van der Waals surface area contributed by atoms with Gasteiger partial charge in [0.05, 0.1) is 29.6 Å². The molecule has 22 heavy (non-hydrogen) atoms. The maximum absolute atomic E-state index is 14.3. The van der Waals surface area contributed by atoms with Crippen LogP contribution in [-0.4, -0.2) is 28.3 Å². The summed E-state index contributed by atoms with van der Waals surface area (Å²) in [6.45, 7) is 2.16. The van der Waals surface area contributed by atoms with Gasteiger partial charge in [0.25, 0.3) is 0 Å². The smallest absolute Gasteiger partial charge is 0.134 e. The first-order chi connectivity index (χ1) is 10.6. The van der Waals surface area contributed by atoms with E-state index in [1.807, 2.05) is 11.7 Å². The van der Waals surface area contributed by atoms with Gasteiger partial charge >= 0.3 is 0 Å². The van der Waals surface area contributed by atoms with E-state index in [9.17, 15) is 4.39 Å². The summed E-state index contributed by atoms with van der Waals surface area (Å²) in [7, 11) is 2.03. The average Bonchev–Trinajstić information content (AvgIpc) is 2.83. The molecule has 6 heteroatoms. The number of rotatable bonds is 3. The van der Waals surface area contributed by atoms with Crippen LogP contribution in [0.15, 0.2) is 18.2 Å². The van der Waals surface area contributed by atoms with Gasteiger partial charge in [0.2, 0.25) is 0 Å². The predicted octanol–water partition coefficient (Wildman–Crippen LogP) is 3.24. The summed E-state index contributed by atoms with van der Waals surface area (Å²) in [6.07, 6.45) is 1.23. The molecule has 0 aliphatic carbocycles. The Hall–Kier alpha value is -1.90. The van der Waals surface area contributed by atoms with E-state index >= 15 is 0 Å². The second-order valence-corrected chi connectivity index (χ2v) is 5.90. The molecule has 0 unspecified atom stereocenters. The van der Waals surface area contributed by atoms with Crippen molar-refractivity contribution in [3.05, 3.63) is 40.3 Å². The number of nitrogens with zero attached hydrogens (tertiary/aromatic N) is 4. The van der Waals surface area contributed by atoms with E-state index in [-0.39, 0.29) is 5.82 Å². The topological polar surface area (TPSA) is 44.9 Å². The van der Waals surface area contributed by atoms with Gasteiger partial charge in [0.1, 0.15) is 11.5 Å². The van der Waals surface area contributed by atoms with Crippen LogP contribution in [0.3, 0.4) is 0 Å². The number of likely N-dealkylation sites (N-methyl/N-ethyl adjacent to an activating group) is 1. The van der Waals surface area contributed by atoms with Gasteiger partial charge in [-0.1, -0.05) is 17.7 Å². The fourth-order valence-corrected chi connectivity index (χ4v) is 3.14. The third-order valence-corrected chi connectivity index (χ3v) is 4.27. The van der Waals surface area contributed by atoms with Crippen molar-refractivity contribution >= 4 is 11.6 Å². The molecule has 0 fully saturated rings. The predicted molar refractivity (Wildman–Crippen MR) is 82.9 cm³/mol. The summed E-state index contributed by atoms with van der Waals surface area (Å²) >= 11 is 6.20. The molecule has 2 heterocycles. The maximum atomic E-state index is 14.3. The van der Waals surface area contributed by atoms with Crippen molar-refractivity contribution in [2.45, 2.75) is 25.9 Å². The minimum atomic E-state index is -0.367. The second-order valence-electron chi connectivity index (χ2n) is 5.49. The van der Waals surface area contributed by atoms with Gasteiger partial charge in [-0.15, -0.1) is 0 Å². The number of nitriles is 1. The summed E-state index contributed by atoms with van der Waals surface area (Å²) in [5.41, 5.74) is 3.05. The van der Waals surface area contributed by atoms with Gasteiger partial charge in [-0.25, -0.2) is 4.39 Å².